The van der Waals surface area contributed by atoms with Crippen molar-refractivity contribution < 1.29 is 4.74 Å². The predicted octanol–water partition coefficient (Wildman–Crippen LogP) is 1.52. The molecule has 2 N–H and O–H groups in total. The van der Waals surface area contributed by atoms with Crippen molar-refractivity contribution in [3.05, 3.63) is 29.6 Å². The molecule has 15 heavy (non-hydrogen) atoms. The summed E-state index contributed by atoms with van der Waals surface area (Å²) in [4.78, 5) is 4.12. The van der Waals surface area contributed by atoms with Gasteiger partial charge in [-0.2, -0.15) is 11.8 Å². The normalized spacial score (nSPS) is 23.7. The van der Waals surface area contributed by atoms with Crippen LogP contribution in [-0.2, 0) is 4.74 Å². The van der Waals surface area contributed by atoms with Gasteiger partial charge in [-0.25, -0.2) is 0 Å². The molecule has 82 valence electrons. The third-order valence-corrected chi connectivity index (χ3v) is 3.70. The maximum atomic E-state index is 6.19. The molecule has 2 atom stereocenters. The van der Waals surface area contributed by atoms with Gasteiger partial charge in [0.05, 0.1) is 18.8 Å². The lowest BCUT2D eigenvalue weighted by Gasteiger charge is -2.28. The Hall–Kier alpha value is -0.580. The van der Waals surface area contributed by atoms with Crippen molar-refractivity contribution in [2.24, 2.45) is 5.73 Å². The van der Waals surface area contributed by atoms with Crippen molar-refractivity contribution in [2.75, 3.05) is 18.1 Å². The standard InChI is InChI=1S/C11H16N2OS/c1-8-2-3-13-6-9(8)11(12)10-7-15-5-4-14-10/h2-3,6,10-11H,4-5,7,12H2,1H3. The van der Waals surface area contributed by atoms with Gasteiger partial charge in [-0.15, -0.1) is 0 Å². The maximum absolute atomic E-state index is 6.19. The summed E-state index contributed by atoms with van der Waals surface area (Å²) in [7, 11) is 0. The fraction of sp³-hybridized carbons (Fsp3) is 0.545. The second kappa shape index (κ2) is 4.96. The molecular formula is C11H16N2OS. The Morgan fingerprint density at radius 1 is 1.67 bits per heavy atom. The molecule has 1 aromatic rings. The van der Waals surface area contributed by atoms with Crippen LogP contribution in [0, 0.1) is 6.92 Å². The molecule has 1 aromatic heterocycles. The van der Waals surface area contributed by atoms with E-state index in [0.717, 1.165) is 23.7 Å². The molecule has 0 bridgehead atoms. The van der Waals surface area contributed by atoms with E-state index in [-0.39, 0.29) is 12.1 Å². The second-order valence-corrected chi connectivity index (χ2v) is 4.89. The zero-order chi connectivity index (χ0) is 10.7. The molecule has 2 rings (SSSR count). The quantitative estimate of drug-likeness (QED) is 0.827. The molecule has 0 aromatic carbocycles. The largest absolute Gasteiger partial charge is 0.375 e. The molecule has 1 aliphatic heterocycles. The smallest absolute Gasteiger partial charge is 0.0858 e. The summed E-state index contributed by atoms with van der Waals surface area (Å²) in [5.74, 6) is 2.06. The Morgan fingerprint density at radius 2 is 2.53 bits per heavy atom. The minimum absolute atomic E-state index is 0.0495. The van der Waals surface area contributed by atoms with E-state index in [1.54, 1.807) is 6.20 Å². The fourth-order valence-corrected chi connectivity index (χ4v) is 2.66. The van der Waals surface area contributed by atoms with Crippen molar-refractivity contribution in [1.29, 1.82) is 0 Å². The highest BCUT2D eigenvalue weighted by Crippen LogP contribution is 2.24. The van der Waals surface area contributed by atoms with Gasteiger partial charge in [0.25, 0.3) is 0 Å². The SMILES string of the molecule is Cc1ccncc1C(N)C1CSCCO1. The molecule has 1 fully saturated rings. The summed E-state index contributed by atoms with van der Waals surface area (Å²) in [5.41, 5.74) is 8.49. The Kier molecular flexibility index (Phi) is 3.61. The number of aryl methyl sites for hydroxylation is 1. The van der Waals surface area contributed by atoms with Crippen molar-refractivity contribution in [3.63, 3.8) is 0 Å². The summed E-state index contributed by atoms with van der Waals surface area (Å²) in [6, 6.07) is 1.94. The van der Waals surface area contributed by atoms with Gasteiger partial charge in [0, 0.05) is 23.9 Å². The average Bonchev–Trinajstić information content (AvgIpc) is 2.30. The summed E-state index contributed by atoms with van der Waals surface area (Å²) in [5, 5.41) is 0. The lowest BCUT2D eigenvalue weighted by molar-refractivity contribution is 0.0567. The summed E-state index contributed by atoms with van der Waals surface area (Å²) in [6.07, 6.45) is 3.77. The van der Waals surface area contributed by atoms with E-state index in [9.17, 15) is 0 Å². The van der Waals surface area contributed by atoms with Crippen LogP contribution in [0.25, 0.3) is 0 Å². The number of pyridine rings is 1. The first-order chi connectivity index (χ1) is 7.29. The Labute approximate surface area is 94.4 Å². The van der Waals surface area contributed by atoms with Crippen LogP contribution >= 0.6 is 11.8 Å². The molecule has 1 aliphatic rings. The Morgan fingerprint density at radius 3 is 3.20 bits per heavy atom. The van der Waals surface area contributed by atoms with Gasteiger partial charge in [0.15, 0.2) is 0 Å². The molecule has 0 radical (unpaired) electrons. The van der Waals surface area contributed by atoms with Crippen LogP contribution in [0.2, 0.25) is 0 Å². The molecule has 0 saturated carbocycles. The maximum Gasteiger partial charge on any atom is 0.0858 e. The number of rotatable bonds is 2. The molecule has 0 amide bonds. The van der Waals surface area contributed by atoms with E-state index in [1.807, 2.05) is 24.0 Å². The number of ether oxygens (including phenoxy) is 1. The van der Waals surface area contributed by atoms with Gasteiger partial charge in [0.1, 0.15) is 0 Å². The molecule has 0 spiro atoms. The Balaban J connectivity index is 2.12. The molecule has 2 unspecified atom stereocenters. The third-order valence-electron chi connectivity index (χ3n) is 2.68. The van der Waals surface area contributed by atoms with E-state index in [2.05, 4.69) is 11.9 Å². The first-order valence-corrected chi connectivity index (χ1v) is 6.30. The predicted molar refractivity (Wildman–Crippen MR) is 63.0 cm³/mol. The topological polar surface area (TPSA) is 48.1 Å². The van der Waals surface area contributed by atoms with Gasteiger partial charge >= 0.3 is 0 Å². The van der Waals surface area contributed by atoms with Crippen molar-refractivity contribution in [2.45, 2.75) is 19.1 Å². The molecule has 4 heteroatoms. The second-order valence-electron chi connectivity index (χ2n) is 3.74. The van der Waals surface area contributed by atoms with Crippen LogP contribution in [-0.4, -0.2) is 29.2 Å². The summed E-state index contributed by atoms with van der Waals surface area (Å²) >= 11 is 1.91. The minimum atomic E-state index is -0.0495. The summed E-state index contributed by atoms with van der Waals surface area (Å²) in [6.45, 7) is 2.87. The van der Waals surface area contributed by atoms with E-state index in [4.69, 9.17) is 10.5 Å². The molecule has 0 aliphatic carbocycles. The van der Waals surface area contributed by atoms with E-state index < -0.39 is 0 Å². The number of hydrogen-bond donors (Lipinski definition) is 1. The highest BCUT2D eigenvalue weighted by atomic mass is 32.2. The number of nitrogens with zero attached hydrogens (tertiary/aromatic N) is 1. The minimum Gasteiger partial charge on any atom is -0.375 e. The van der Waals surface area contributed by atoms with E-state index in [1.165, 1.54) is 5.56 Å². The lowest BCUT2D eigenvalue weighted by Crippen LogP contribution is -2.35. The van der Waals surface area contributed by atoms with Gasteiger partial charge in [-0.05, 0) is 24.1 Å². The highest BCUT2D eigenvalue weighted by molar-refractivity contribution is 7.99. The van der Waals surface area contributed by atoms with Crippen molar-refractivity contribution in [3.8, 4) is 0 Å². The summed E-state index contributed by atoms with van der Waals surface area (Å²) < 4.78 is 5.68. The lowest BCUT2D eigenvalue weighted by atomic mass is 10.0. The van der Waals surface area contributed by atoms with Crippen molar-refractivity contribution in [1.82, 2.24) is 4.98 Å². The first-order valence-electron chi connectivity index (χ1n) is 5.14. The van der Waals surface area contributed by atoms with Gasteiger partial charge in [-0.1, -0.05) is 0 Å². The number of aromatic nitrogens is 1. The van der Waals surface area contributed by atoms with Crippen LogP contribution in [0.4, 0.5) is 0 Å². The molecule has 1 saturated heterocycles. The van der Waals surface area contributed by atoms with Crippen LogP contribution in [0.5, 0.6) is 0 Å². The van der Waals surface area contributed by atoms with Crippen molar-refractivity contribution >= 4 is 11.8 Å². The third kappa shape index (κ3) is 2.51. The van der Waals surface area contributed by atoms with Gasteiger partial charge in [-0.3, -0.25) is 4.98 Å². The Bertz CT molecular complexity index is 326. The number of nitrogens with two attached hydrogens (primary N) is 1. The van der Waals surface area contributed by atoms with Crippen LogP contribution in [0.15, 0.2) is 18.5 Å². The first kappa shape index (κ1) is 10.9. The van der Waals surface area contributed by atoms with E-state index >= 15 is 0 Å². The molecule has 3 nitrogen and oxygen atoms in total. The zero-order valence-corrected chi connectivity index (χ0v) is 9.67. The fourth-order valence-electron chi connectivity index (χ4n) is 1.74. The number of thioether (sulfide) groups is 1. The highest BCUT2D eigenvalue weighted by Gasteiger charge is 2.24. The van der Waals surface area contributed by atoms with Gasteiger partial charge in [0.2, 0.25) is 0 Å². The molecule has 2 heterocycles. The van der Waals surface area contributed by atoms with Crippen LogP contribution < -0.4 is 5.73 Å². The van der Waals surface area contributed by atoms with E-state index in [0.29, 0.717) is 0 Å². The monoisotopic (exact) mass is 224 g/mol. The number of hydrogen-bond acceptors (Lipinski definition) is 4. The van der Waals surface area contributed by atoms with Crippen LogP contribution in [0.3, 0.4) is 0 Å². The average molecular weight is 224 g/mol. The zero-order valence-electron chi connectivity index (χ0n) is 8.85. The molecular weight excluding hydrogens is 208 g/mol. The van der Waals surface area contributed by atoms with Gasteiger partial charge < -0.3 is 10.5 Å². The van der Waals surface area contributed by atoms with Crippen LogP contribution in [0.1, 0.15) is 17.2 Å².